The van der Waals surface area contributed by atoms with Crippen LogP contribution in [0.5, 0.6) is 0 Å². The molecule has 0 unspecified atom stereocenters. The summed E-state index contributed by atoms with van der Waals surface area (Å²) in [5, 5.41) is 6.67. The summed E-state index contributed by atoms with van der Waals surface area (Å²) < 4.78 is 7.76. The van der Waals surface area contributed by atoms with Gasteiger partial charge in [0.25, 0.3) is 5.91 Å². The van der Waals surface area contributed by atoms with Gasteiger partial charge in [0.05, 0.1) is 24.1 Å². The van der Waals surface area contributed by atoms with E-state index in [1.165, 1.54) is 6.42 Å². The fourth-order valence-electron chi connectivity index (χ4n) is 6.40. The number of aliphatic imine (C=N–C) groups is 1. The zero-order valence-corrected chi connectivity index (χ0v) is 28.0. The highest BCUT2D eigenvalue weighted by Crippen LogP contribution is 2.29. The Hall–Kier alpha value is -5.29. The number of aryl methyl sites for hydroxylation is 1. The maximum Gasteiger partial charge on any atom is 0.320 e. The monoisotopic (exact) mass is 661 g/mol. The predicted molar refractivity (Wildman–Crippen MR) is 190 cm³/mol. The molecule has 1 aromatic heterocycles. The highest BCUT2D eigenvalue weighted by Gasteiger charge is 2.39. The Kier molecular flexibility index (Phi) is 10.2. The molecule has 1 fully saturated rings. The van der Waals surface area contributed by atoms with Crippen LogP contribution in [0.25, 0.3) is 11.0 Å². The first kappa shape index (κ1) is 33.6. The van der Waals surface area contributed by atoms with Gasteiger partial charge < -0.3 is 25.3 Å². The van der Waals surface area contributed by atoms with Crippen molar-refractivity contribution in [2.45, 2.75) is 57.2 Å². The standard InChI is InChI=1S/C38H43N7O4/c1-38(37(48)45-21-9-10-22-45,41-25-34(46)49-30-13-7-4-8-14-30)28-17-20-32-31(23-28)42-33(44(32)2)24-40-29-18-15-26(16-19-29)35(39)43-36(47)27-11-5-3-6-12-27/h3,5-6,9-12,15-20,23,30,40-41H,4,7-8,13-14,21-22,24-25H2,1-2H3,(H2,39,43,47)/t38-/m1/s1. The van der Waals surface area contributed by atoms with Crippen molar-refractivity contribution in [3.05, 3.63) is 107 Å². The molecule has 0 saturated heterocycles. The lowest BCUT2D eigenvalue weighted by Crippen LogP contribution is -2.54. The van der Waals surface area contributed by atoms with E-state index in [0.717, 1.165) is 53.8 Å². The third kappa shape index (κ3) is 7.73. The highest BCUT2D eigenvalue weighted by molar-refractivity contribution is 6.08. The first-order valence-corrected chi connectivity index (χ1v) is 16.8. The second-order valence-corrected chi connectivity index (χ2v) is 12.8. The van der Waals surface area contributed by atoms with Gasteiger partial charge in [-0.25, -0.2) is 4.98 Å². The first-order chi connectivity index (χ1) is 23.7. The minimum atomic E-state index is -1.17. The molecule has 0 spiro atoms. The summed E-state index contributed by atoms with van der Waals surface area (Å²) in [5.41, 5.74) is 9.30. The third-order valence-electron chi connectivity index (χ3n) is 9.39. The SMILES string of the molecule is Cn1c(CNc2ccc(C(N)=NC(=O)c3ccccc3)cc2)nc2cc([C@@](C)(NCC(=O)OC3CCCCC3)C(=O)N3CC=CC3)ccc21. The van der Waals surface area contributed by atoms with E-state index in [4.69, 9.17) is 15.5 Å². The number of hydrogen-bond donors (Lipinski definition) is 3. The van der Waals surface area contributed by atoms with Gasteiger partial charge in [-0.15, -0.1) is 0 Å². The minimum absolute atomic E-state index is 0.0507. The summed E-state index contributed by atoms with van der Waals surface area (Å²) in [6.45, 7) is 3.24. The number of ether oxygens (including phenoxy) is 1. The number of rotatable bonds is 11. The molecule has 4 aromatic rings. The number of esters is 1. The number of amides is 2. The number of hydrogen-bond acceptors (Lipinski definition) is 7. The Morgan fingerprint density at radius 1 is 0.959 bits per heavy atom. The number of nitrogens with zero attached hydrogens (tertiary/aromatic N) is 4. The van der Waals surface area contributed by atoms with Gasteiger partial charge in [-0.3, -0.25) is 19.7 Å². The van der Waals surface area contributed by atoms with Crippen LogP contribution in [0.1, 0.15) is 66.3 Å². The fourth-order valence-corrected chi connectivity index (χ4v) is 6.40. The van der Waals surface area contributed by atoms with E-state index in [0.29, 0.717) is 30.8 Å². The van der Waals surface area contributed by atoms with Crippen molar-refractivity contribution < 1.29 is 19.1 Å². The van der Waals surface area contributed by atoms with Crippen molar-refractivity contribution in [3.8, 4) is 0 Å². The molecule has 49 heavy (non-hydrogen) atoms. The number of carbonyl (C=O) groups is 3. The van der Waals surface area contributed by atoms with Crippen molar-refractivity contribution in [1.82, 2.24) is 19.8 Å². The van der Waals surface area contributed by atoms with Crippen LogP contribution >= 0.6 is 0 Å². The second-order valence-electron chi connectivity index (χ2n) is 12.8. The molecule has 11 heteroatoms. The van der Waals surface area contributed by atoms with Gasteiger partial charge in [-0.2, -0.15) is 4.99 Å². The molecule has 254 valence electrons. The Balaban J connectivity index is 1.15. The van der Waals surface area contributed by atoms with Crippen molar-refractivity contribution in [3.63, 3.8) is 0 Å². The average molecular weight is 662 g/mol. The van der Waals surface area contributed by atoms with Crippen molar-refractivity contribution in [2.24, 2.45) is 17.8 Å². The molecule has 11 nitrogen and oxygen atoms in total. The van der Waals surface area contributed by atoms with Crippen molar-refractivity contribution in [1.29, 1.82) is 0 Å². The molecule has 1 saturated carbocycles. The molecule has 6 rings (SSSR count). The van der Waals surface area contributed by atoms with Crippen LogP contribution in [0.4, 0.5) is 5.69 Å². The third-order valence-corrected chi connectivity index (χ3v) is 9.39. The average Bonchev–Trinajstić information content (AvgIpc) is 3.78. The quantitative estimate of drug-likeness (QED) is 0.0900. The molecule has 2 aliphatic rings. The van der Waals surface area contributed by atoms with Crippen molar-refractivity contribution in [2.75, 3.05) is 25.0 Å². The van der Waals surface area contributed by atoms with Gasteiger partial charge in [0.2, 0.25) is 5.91 Å². The molecular formula is C38H43N7O4. The lowest BCUT2D eigenvalue weighted by Gasteiger charge is -2.34. The van der Waals surface area contributed by atoms with E-state index in [-0.39, 0.29) is 30.4 Å². The number of nitrogens with one attached hydrogen (secondary N) is 2. The Morgan fingerprint density at radius 3 is 2.39 bits per heavy atom. The number of fused-ring (bicyclic) bond motifs is 1. The Labute approximate surface area is 286 Å². The summed E-state index contributed by atoms with van der Waals surface area (Å²) in [6.07, 6.45) is 8.99. The van der Waals surface area contributed by atoms with Crippen LogP contribution in [0.2, 0.25) is 0 Å². The summed E-state index contributed by atoms with van der Waals surface area (Å²) in [7, 11) is 1.95. The van der Waals surface area contributed by atoms with E-state index in [2.05, 4.69) is 15.6 Å². The molecule has 2 amide bonds. The normalized spacial score (nSPS) is 16.4. The van der Waals surface area contributed by atoms with Crippen LogP contribution in [0.15, 0.2) is 89.9 Å². The summed E-state index contributed by atoms with van der Waals surface area (Å²) in [4.78, 5) is 49.9. The molecule has 0 radical (unpaired) electrons. The number of aromatic nitrogens is 2. The van der Waals surface area contributed by atoms with Crippen LogP contribution in [0, 0.1) is 0 Å². The van der Waals surface area contributed by atoms with E-state index in [1.54, 1.807) is 29.2 Å². The number of amidine groups is 1. The number of anilines is 1. The first-order valence-electron chi connectivity index (χ1n) is 16.8. The highest BCUT2D eigenvalue weighted by atomic mass is 16.5. The van der Waals surface area contributed by atoms with Gasteiger partial charge in [-0.1, -0.05) is 42.8 Å². The molecule has 1 atom stereocenters. The van der Waals surface area contributed by atoms with Gasteiger partial charge in [-0.05, 0) is 86.7 Å². The van der Waals surface area contributed by atoms with Gasteiger partial charge in [0.15, 0.2) is 0 Å². The maximum atomic E-state index is 13.9. The number of nitrogens with two attached hydrogens (primary N) is 1. The molecule has 2 heterocycles. The maximum absolute atomic E-state index is 13.9. The summed E-state index contributed by atoms with van der Waals surface area (Å²) in [5.74, 6) is 0.0938. The Morgan fingerprint density at radius 2 is 1.67 bits per heavy atom. The van der Waals surface area contributed by atoms with Crippen LogP contribution in [0.3, 0.4) is 0 Å². The molecule has 1 aliphatic heterocycles. The van der Waals surface area contributed by atoms with Gasteiger partial charge in [0.1, 0.15) is 23.3 Å². The zero-order chi connectivity index (χ0) is 34.4. The van der Waals surface area contributed by atoms with Crippen molar-refractivity contribution >= 4 is 40.3 Å². The lowest BCUT2D eigenvalue weighted by atomic mass is 9.89. The van der Waals surface area contributed by atoms with E-state index in [1.807, 2.05) is 79.2 Å². The molecular weight excluding hydrogens is 618 g/mol. The zero-order valence-electron chi connectivity index (χ0n) is 28.0. The molecule has 3 aromatic carbocycles. The lowest BCUT2D eigenvalue weighted by molar-refractivity contribution is -0.150. The van der Waals surface area contributed by atoms with Crippen LogP contribution in [-0.4, -0.2) is 63.8 Å². The largest absolute Gasteiger partial charge is 0.461 e. The van der Waals surface area contributed by atoms with Crippen LogP contribution in [-0.2, 0) is 33.5 Å². The number of carbonyl (C=O) groups excluding carboxylic acids is 3. The van der Waals surface area contributed by atoms with Gasteiger partial charge >= 0.3 is 5.97 Å². The molecule has 1 aliphatic carbocycles. The van der Waals surface area contributed by atoms with E-state index >= 15 is 0 Å². The Bertz CT molecular complexity index is 1870. The van der Waals surface area contributed by atoms with Gasteiger partial charge in [0, 0.05) is 37.0 Å². The van der Waals surface area contributed by atoms with Crippen LogP contribution < -0.4 is 16.4 Å². The summed E-state index contributed by atoms with van der Waals surface area (Å²) >= 11 is 0. The molecule has 4 N–H and O–H groups in total. The number of imidazole rings is 1. The minimum Gasteiger partial charge on any atom is -0.461 e. The van der Waals surface area contributed by atoms with E-state index in [9.17, 15) is 14.4 Å². The second kappa shape index (κ2) is 14.9. The smallest absolute Gasteiger partial charge is 0.320 e. The fraction of sp³-hybridized carbons (Fsp3) is 0.342. The summed E-state index contributed by atoms with van der Waals surface area (Å²) in [6, 6.07) is 22.0. The topological polar surface area (TPSA) is 144 Å². The molecule has 0 bridgehead atoms. The predicted octanol–water partition coefficient (Wildman–Crippen LogP) is 4.81. The van der Waals surface area contributed by atoms with E-state index < -0.39 is 11.4 Å². The number of benzene rings is 3.